The number of nitrogens with zero attached hydrogens (tertiary/aromatic N) is 1. The van der Waals surface area contributed by atoms with Crippen LogP contribution in [0, 0.1) is 0 Å². The molecule has 0 spiro atoms. The fourth-order valence-corrected chi connectivity index (χ4v) is 1.86. The lowest BCUT2D eigenvalue weighted by Crippen LogP contribution is -2.45. The van der Waals surface area contributed by atoms with Crippen molar-refractivity contribution in [1.29, 1.82) is 0 Å². The van der Waals surface area contributed by atoms with E-state index in [9.17, 15) is 22.8 Å². The Morgan fingerprint density at radius 1 is 1.47 bits per heavy atom. The highest BCUT2D eigenvalue weighted by molar-refractivity contribution is 8.00. The van der Waals surface area contributed by atoms with Crippen molar-refractivity contribution in [1.82, 2.24) is 4.90 Å². The molecule has 4 nitrogen and oxygen atoms in total. The van der Waals surface area contributed by atoms with E-state index in [1.807, 2.05) is 0 Å². The number of alkyl halides is 3. The summed E-state index contributed by atoms with van der Waals surface area (Å²) in [5, 5.41) is 8.78. The first-order valence-corrected chi connectivity index (χ1v) is 5.95. The normalized spacial score (nSPS) is 17.6. The molecule has 0 bridgehead atoms. The lowest BCUT2D eigenvalue weighted by atomic mass is 10.2. The van der Waals surface area contributed by atoms with Gasteiger partial charge in [-0.15, -0.1) is 0 Å². The summed E-state index contributed by atoms with van der Waals surface area (Å²) in [5.74, 6) is -2.75. The number of rotatable bonds is 5. The smallest absolute Gasteiger partial charge is 0.442 e. The van der Waals surface area contributed by atoms with Crippen molar-refractivity contribution < 1.29 is 27.9 Å². The van der Waals surface area contributed by atoms with Crippen LogP contribution < -0.4 is 0 Å². The molecule has 17 heavy (non-hydrogen) atoms. The van der Waals surface area contributed by atoms with Gasteiger partial charge in [0.2, 0.25) is 5.91 Å². The van der Waals surface area contributed by atoms with Crippen LogP contribution in [0.4, 0.5) is 13.2 Å². The number of halogens is 3. The van der Waals surface area contributed by atoms with Gasteiger partial charge in [-0.25, -0.2) is 4.79 Å². The molecule has 1 aliphatic carbocycles. The van der Waals surface area contributed by atoms with Gasteiger partial charge in [-0.1, -0.05) is 0 Å². The molecule has 0 heterocycles. The van der Waals surface area contributed by atoms with Crippen LogP contribution in [0.2, 0.25) is 0 Å². The molecule has 0 radical (unpaired) electrons. The second-order valence-electron chi connectivity index (χ2n) is 3.78. The van der Waals surface area contributed by atoms with Gasteiger partial charge in [-0.2, -0.15) is 13.2 Å². The molecule has 0 saturated heterocycles. The summed E-state index contributed by atoms with van der Waals surface area (Å²) in [5.41, 5.74) is -4.47. The Labute approximate surface area is 100 Å². The van der Waals surface area contributed by atoms with Crippen LogP contribution in [0.5, 0.6) is 0 Å². The van der Waals surface area contributed by atoms with Crippen LogP contribution in [0.1, 0.15) is 19.8 Å². The minimum Gasteiger partial charge on any atom is -0.480 e. The van der Waals surface area contributed by atoms with Crippen molar-refractivity contribution in [2.24, 2.45) is 0 Å². The minimum atomic E-state index is -4.47. The van der Waals surface area contributed by atoms with E-state index in [0.717, 1.165) is 4.90 Å². The summed E-state index contributed by atoms with van der Waals surface area (Å²) in [6, 6.07) is -1.30. The van der Waals surface area contributed by atoms with Crippen molar-refractivity contribution in [3.63, 3.8) is 0 Å². The van der Waals surface area contributed by atoms with Gasteiger partial charge in [0.1, 0.15) is 6.04 Å². The first-order valence-electron chi connectivity index (χ1n) is 4.97. The van der Waals surface area contributed by atoms with Crippen LogP contribution in [0.15, 0.2) is 0 Å². The summed E-state index contributed by atoms with van der Waals surface area (Å²) in [7, 11) is 0. The summed E-state index contributed by atoms with van der Waals surface area (Å²) in [6.45, 7) is 1.30. The molecule has 1 saturated carbocycles. The fourth-order valence-electron chi connectivity index (χ4n) is 1.43. The average molecular weight is 271 g/mol. The Bertz CT molecular complexity index is 317. The van der Waals surface area contributed by atoms with Gasteiger partial charge in [-0.3, -0.25) is 4.79 Å². The Morgan fingerprint density at radius 3 is 2.35 bits per heavy atom. The zero-order chi connectivity index (χ0) is 13.2. The van der Waals surface area contributed by atoms with Gasteiger partial charge in [0, 0.05) is 6.04 Å². The number of aliphatic carboxylic acids is 1. The van der Waals surface area contributed by atoms with Crippen LogP contribution in [0.25, 0.3) is 0 Å². The molecule has 98 valence electrons. The number of hydrogen-bond donors (Lipinski definition) is 1. The number of carboxylic acid groups (broad SMARTS) is 1. The molecular formula is C9H12F3NO3S. The largest absolute Gasteiger partial charge is 0.480 e. The maximum Gasteiger partial charge on any atom is 0.442 e. The average Bonchev–Trinajstić information content (AvgIpc) is 2.97. The Hall–Kier alpha value is -0.920. The van der Waals surface area contributed by atoms with E-state index >= 15 is 0 Å². The molecule has 1 atom stereocenters. The lowest BCUT2D eigenvalue weighted by Gasteiger charge is -2.26. The summed E-state index contributed by atoms with van der Waals surface area (Å²) < 4.78 is 35.8. The molecule has 0 aromatic rings. The van der Waals surface area contributed by atoms with Crippen LogP contribution in [0.3, 0.4) is 0 Å². The number of thioether (sulfide) groups is 1. The number of carboxylic acids is 1. The third kappa shape index (κ3) is 4.45. The van der Waals surface area contributed by atoms with E-state index < -0.39 is 40.9 Å². The molecule has 1 unspecified atom stereocenters. The predicted molar refractivity (Wildman–Crippen MR) is 55.5 cm³/mol. The maximum absolute atomic E-state index is 11.9. The predicted octanol–water partition coefficient (Wildman–Crippen LogP) is 1.70. The standard InChI is InChI=1S/C9H12F3NO3S/c1-5(8(15)16)13(6-2-3-6)7(14)4-17-9(10,11)12/h5-6H,2-4H2,1H3,(H,15,16). The van der Waals surface area contributed by atoms with E-state index in [0.29, 0.717) is 12.8 Å². The molecular weight excluding hydrogens is 259 g/mol. The quantitative estimate of drug-likeness (QED) is 0.827. The van der Waals surface area contributed by atoms with E-state index in [2.05, 4.69) is 0 Å². The summed E-state index contributed by atoms with van der Waals surface area (Å²) >= 11 is -0.440. The zero-order valence-electron chi connectivity index (χ0n) is 9.03. The van der Waals surface area contributed by atoms with Crippen molar-refractivity contribution >= 4 is 23.6 Å². The third-order valence-corrected chi connectivity index (χ3v) is 3.08. The fraction of sp³-hybridized carbons (Fsp3) is 0.778. The molecule has 1 N–H and O–H groups in total. The van der Waals surface area contributed by atoms with Gasteiger partial charge < -0.3 is 10.0 Å². The van der Waals surface area contributed by atoms with E-state index in [-0.39, 0.29) is 6.04 Å². The van der Waals surface area contributed by atoms with Crippen molar-refractivity contribution in [2.75, 3.05) is 5.75 Å². The molecule has 1 aliphatic rings. The van der Waals surface area contributed by atoms with E-state index in [1.54, 1.807) is 0 Å². The second kappa shape index (κ2) is 5.16. The second-order valence-corrected chi connectivity index (χ2v) is 4.82. The van der Waals surface area contributed by atoms with E-state index in [1.165, 1.54) is 6.92 Å². The van der Waals surface area contributed by atoms with E-state index in [4.69, 9.17) is 5.11 Å². The molecule has 8 heteroatoms. The molecule has 1 rings (SSSR count). The first kappa shape index (κ1) is 14.1. The molecule has 1 fully saturated rings. The Balaban J connectivity index is 2.59. The Morgan fingerprint density at radius 2 is 2.00 bits per heavy atom. The monoisotopic (exact) mass is 271 g/mol. The first-order chi connectivity index (χ1) is 7.72. The highest BCUT2D eigenvalue weighted by Gasteiger charge is 2.39. The maximum atomic E-state index is 11.9. The SMILES string of the molecule is CC(C(=O)O)N(C(=O)CSC(F)(F)F)C1CC1. The van der Waals surface area contributed by atoms with Crippen molar-refractivity contribution in [3.05, 3.63) is 0 Å². The van der Waals surface area contributed by atoms with Crippen molar-refractivity contribution in [3.8, 4) is 0 Å². The molecule has 1 amide bonds. The van der Waals surface area contributed by atoms with Crippen LogP contribution >= 0.6 is 11.8 Å². The number of carbonyl (C=O) groups excluding carboxylic acids is 1. The summed E-state index contributed by atoms with van der Waals surface area (Å²) in [6.07, 6.45) is 1.31. The van der Waals surface area contributed by atoms with Gasteiger partial charge >= 0.3 is 11.5 Å². The molecule has 0 aliphatic heterocycles. The topological polar surface area (TPSA) is 57.6 Å². The van der Waals surface area contributed by atoms with Crippen LogP contribution in [-0.2, 0) is 9.59 Å². The van der Waals surface area contributed by atoms with Gasteiger partial charge in [0.25, 0.3) is 0 Å². The molecule has 0 aromatic heterocycles. The number of hydrogen-bond acceptors (Lipinski definition) is 3. The summed E-state index contributed by atoms with van der Waals surface area (Å²) in [4.78, 5) is 23.4. The van der Waals surface area contributed by atoms with Gasteiger partial charge in [0.05, 0.1) is 5.75 Å². The lowest BCUT2D eigenvalue weighted by molar-refractivity contribution is -0.149. The minimum absolute atomic E-state index is 0.220. The third-order valence-electron chi connectivity index (χ3n) is 2.36. The van der Waals surface area contributed by atoms with Crippen LogP contribution in [-0.4, -0.2) is 45.2 Å². The number of amides is 1. The zero-order valence-corrected chi connectivity index (χ0v) is 9.85. The highest BCUT2D eigenvalue weighted by atomic mass is 32.2. The van der Waals surface area contributed by atoms with Gasteiger partial charge in [0.15, 0.2) is 0 Å². The van der Waals surface area contributed by atoms with Gasteiger partial charge in [-0.05, 0) is 31.5 Å². The van der Waals surface area contributed by atoms with Crippen molar-refractivity contribution in [2.45, 2.75) is 37.4 Å². The Kier molecular flexibility index (Phi) is 4.29. The number of carbonyl (C=O) groups is 2. The highest BCUT2D eigenvalue weighted by Crippen LogP contribution is 2.33. The molecule has 0 aromatic carbocycles.